The van der Waals surface area contributed by atoms with Gasteiger partial charge >= 0.3 is 6.18 Å². The number of likely N-dealkylation sites (N-methyl/N-ethyl adjacent to an activating group) is 1. The van der Waals surface area contributed by atoms with Crippen molar-refractivity contribution >= 4 is 17.3 Å². The van der Waals surface area contributed by atoms with Crippen LogP contribution >= 0.6 is 0 Å². The molecule has 0 unspecified atom stereocenters. The summed E-state index contributed by atoms with van der Waals surface area (Å²) in [5, 5.41) is 2.57. The van der Waals surface area contributed by atoms with Crippen molar-refractivity contribution in [3.8, 4) is 17.0 Å². The highest BCUT2D eigenvalue weighted by Crippen LogP contribution is 2.36. The zero-order chi connectivity index (χ0) is 27.7. The number of alkyl halides is 3. The quantitative estimate of drug-likeness (QED) is 0.428. The number of aromatic nitrogens is 2. The van der Waals surface area contributed by atoms with Crippen molar-refractivity contribution in [2.45, 2.75) is 19.0 Å². The fraction of sp³-hybridized carbons (Fsp3) is 0.370. The first-order chi connectivity index (χ1) is 18.6. The Kier molecular flexibility index (Phi) is 7.30. The summed E-state index contributed by atoms with van der Waals surface area (Å²) in [6.07, 6.45) is -0.960. The zero-order valence-corrected chi connectivity index (χ0v) is 21.1. The number of ether oxygens (including phenoxy) is 1. The predicted octanol–water partition coefficient (Wildman–Crippen LogP) is 4.39. The lowest BCUT2D eigenvalue weighted by Gasteiger charge is -2.35. The number of piperazine rings is 1. The van der Waals surface area contributed by atoms with Crippen molar-refractivity contribution in [2.75, 3.05) is 50.1 Å². The Balaban J connectivity index is 1.51. The summed E-state index contributed by atoms with van der Waals surface area (Å²) in [6, 6.07) is 6.74. The maximum atomic E-state index is 14.9. The summed E-state index contributed by atoms with van der Waals surface area (Å²) in [5.41, 5.74) is -1.71. The van der Waals surface area contributed by atoms with Gasteiger partial charge in [0, 0.05) is 50.1 Å². The van der Waals surface area contributed by atoms with Crippen LogP contribution in [0.3, 0.4) is 0 Å². The Morgan fingerprint density at radius 1 is 1.15 bits per heavy atom. The third kappa shape index (κ3) is 6.22. The van der Waals surface area contributed by atoms with Crippen LogP contribution in [0.4, 0.5) is 28.9 Å². The first-order valence-corrected chi connectivity index (χ1v) is 12.6. The first-order valence-electron chi connectivity index (χ1n) is 12.6. The number of halogens is 4. The number of benzene rings is 1. The van der Waals surface area contributed by atoms with Gasteiger partial charge in [-0.3, -0.25) is 9.59 Å². The minimum Gasteiger partial charge on any atom is -0.477 e. The van der Waals surface area contributed by atoms with E-state index in [4.69, 9.17) is 4.74 Å². The lowest BCUT2D eigenvalue weighted by molar-refractivity contribution is -0.138. The van der Waals surface area contributed by atoms with Crippen LogP contribution in [-0.4, -0.2) is 60.6 Å². The number of pyridine rings is 2. The number of nitrogens with one attached hydrogen (secondary N) is 2. The van der Waals surface area contributed by atoms with Crippen molar-refractivity contribution in [1.29, 1.82) is 0 Å². The molecule has 206 valence electrons. The molecule has 0 radical (unpaired) electrons. The molecule has 1 amide bonds. The number of carbonyl (C=O) groups excluding carboxylic acids is 1. The van der Waals surface area contributed by atoms with Gasteiger partial charge in [0.25, 0.3) is 5.91 Å². The lowest BCUT2D eigenvalue weighted by atomic mass is 10.0. The second-order valence-electron chi connectivity index (χ2n) is 9.86. The van der Waals surface area contributed by atoms with Gasteiger partial charge in [-0.25, -0.2) is 9.37 Å². The van der Waals surface area contributed by atoms with E-state index in [-0.39, 0.29) is 17.1 Å². The van der Waals surface area contributed by atoms with Crippen molar-refractivity contribution in [3.05, 3.63) is 70.0 Å². The van der Waals surface area contributed by atoms with Gasteiger partial charge in [-0.2, -0.15) is 13.2 Å². The van der Waals surface area contributed by atoms with Crippen LogP contribution in [0.5, 0.6) is 5.88 Å². The van der Waals surface area contributed by atoms with E-state index in [1.54, 1.807) is 12.1 Å². The number of amides is 1. The van der Waals surface area contributed by atoms with E-state index >= 15 is 0 Å². The Labute approximate surface area is 221 Å². The van der Waals surface area contributed by atoms with E-state index in [0.29, 0.717) is 42.9 Å². The minimum atomic E-state index is -4.92. The monoisotopic (exact) mass is 545 g/mol. The van der Waals surface area contributed by atoms with Gasteiger partial charge in [0.15, 0.2) is 0 Å². The number of carbonyl (C=O) groups is 1. The van der Waals surface area contributed by atoms with Gasteiger partial charge in [0.1, 0.15) is 5.82 Å². The van der Waals surface area contributed by atoms with Gasteiger partial charge in [-0.15, -0.1) is 0 Å². The summed E-state index contributed by atoms with van der Waals surface area (Å²) < 4.78 is 61.4. The van der Waals surface area contributed by atoms with E-state index in [2.05, 4.69) is 20.2 Å². The van der Waals surface area contributed by atoms with Gasteiger partial charge in [-0.1, -0.05) is 6.07 Å². The van der Waals surface area contributed by atoms with Gasteiger partial charge < -0.3 is 24.8 Å². The van der Waals surface area contributed by atoms with Gasteiger partial charge in [-0.05, 0) is 43.5 Å². The average molecular weight is 546 g/mol. The molecule has 2 fully saturated rings. The second kappa shape index (κ2) is 10.7. The van der Waals surface area contributed by atoms with Crippen molar-refractivity contribution in [2.24, 2.45) is 5.92 Å². The van der Waals surface area contributed by atoms with Crippen LogP contribution in [0.25, 0.3) is 11.1 Å². The van der Waals surface area contributed by atoms with E-state index in [1.807, 2.05) is 11.9 Å². The number of H-pyrrole nitrogens is 1. The standard InChI is InChI=1S/C27H27F4N5O3/c1-35-6-8-36(9-7-35)23-5-4-17(18-11-25(33-14-21(18)28)39-15-16-2-3-16)10-22(23)34-26(38)19-13-32-24(37)12-20(19)27(29,30)31/h4-5,10-14,16H,2-3,6-9,15H2,1H3,(H,32,37)(H,34,38). The molecule has 2 aromatic heterocycles. The third-order valence-electron chi connectivity index (χ3n) is 6.87. The molecule has 39 heavy (non-hydrogen) atoms. The minimum absolute atomic E-state index is 0.177. The number of rotatable bonds is 7. The molecule has 12 heteroatoms. The van der Waals surface area contributed by atoms with Crippen LogP contribution in [0.15, 0.2) is 47.5 Å². The Morgan fingerprint density at radius 3 is 2.59 bits per heavy atom. The molecule has 3 aromatic rings. The van der Waals surface area contributed by atoms with E-state index in [9.17, 15) is 27.2 Å². The van der Waals surface area contributed by atoms with Crippen molar-refractivity contribution in [1.82, 2.24) is 14.9 Å². The van der Waals surface area contributed by atoms with Crippen LogP contribution in [0.2, 0.25) is 0 Å². The van der Waals surface area contributed by atoms with Gasteiger partial charge in [0.2, 0.25) is 11.4 Å². The summed E-state index contributed by atoms with van der Waals surface area (Å²) in [4.78, 5) is 35.0. The molecule has 0 bridgehead atoms. The normalized spacial score (nSPS) is 16.3. The zero-order valence-electron chi connectivity index (χ0n) is 21.1. The van der Waals surface area contributed by atoms with E-state index in [1.165, 1.54) is 12.1 Å². The molecular weight excluding hydrogens is 518 g/mol. The highest BCUT2D eigenvalue weighted by atomic mass is 19.4. The summed E-state index contributed by atoms with van der Waals surface area (Å²) in [5.74, 6) is -0.942. The van der Waals surface area contributed by atoms with E-state index in [0.717, 1.165) is 38.3 Å². The van der Waals surface area contributed by atoms with Crippen molar-refractivity contribution < 1.29 is 27.1 Å². The van der Waals surface area contributed by atoms with E-state index < -0.39 is 34.6 Å². The Hall–Kier alpha value is -3.93. The molecule has 1 aliphatic carbocycles. The lowest BCUT2D eigenvalue weighted by Crippen LogP contribution is -2.44. The number of nitrogens with zero attached hydrogens (tertiary/aromatic N) is 3. The van der Waals surface area contributed by atoms with Crippen LogP contribution in [0.1, 0.15) is 28.8 Å². The molecule has 8 nitrogen and oxygen atoms in total. The molecule has 5 rings (SSSR count). The second-order valence-corrected chi connectivity index (χ2v) is 9.86. The molecule has 2 aliphatic rings. The molecule has 0 spiro atoms. The molecule has 1 aliphatic heterocycles. The summed E-state index contributed by atoms with van der Waals surface area (Å²) in [7, 11) is 1.98. The molecular formula is C27H27F4N5O3. The SMILES string of the molecule is CN1CCN(c2ccc(-c3cc(OCC4CC4)ncc3F)cc2NC(=O)c2c[nH]c(=O)cc2C(F)(F)F)CC1. The smallest absolute Gasteiger partial charge is 0.417 e. The number of anilines is 2. The Morgan fingerprint density at radius 2 is 1.90 bits per heavy atom. The maximum absolute atomic E-state index is 14.9. The maximum Gasteiger partial charge on any atom is 0.417 e. The molecule has 2 N–H and O–H groups in total. The van der Waals surface area contributed by atoms with Crippen LogP contribution < -0.4 is 20.5 Å². The molecule has 1 aromatic carbocycles. The molecule has 1 saturated heterocycles. The highest BCUT2D eigenvalue weighted by molar-refractivity contribution is 6.07. The van der Waals surface area contributed by atoms with Crippen molar-refractivity contribution in [3.63, 3.8) is 0 Å². The average Bonchev–Trinajstić information content (AvgIpc) is 3.73. The Bertz CT molecular complexity index is 1430. The first kappa shape index (κ1) is 26.7. The largest absolute Gasteiger partial charge is 0.477 e. The third-order valence-corrected chi connectivity index (χ3v) is 6.87. The molecule has 1 saturated carbocycles. The van der Waals surface area contributed by atoms with Gasteiger partial charge in [0.05, 0.1) is 35.3 Å². The topological polar surface area (TPSA) is 90.6 Å². The van der Waals surface area contributed by atoms with Crippen LogP contribution in [-0.2, 0) is 6.18 Å². The number of hydrogen-bond acceptors (Lipinski definition) is 6. The highest BCUT2D eigenvalue weighted by Gasteiger charge is 2.36. The fourth-order valence-electron chi connectivity index (χ4n) is 4.42. The summed E-state index contributed by atoms with van der Waals surface area (Å²) >= 11 is 0. The molecule has 0 atom stereocenters. The number of hydrogen-bond donors (Lipinski definition) is 2. The summed E-state index contributed by atoms with van der Waals surface area (Å²) in [6.45, 7) is 3.21. The number of aromatic amines is 1. The predicted molar refractivity (Wildman–Crippen MR) is 138 cm³/mol. The molecule has 3 heterocycles. The fourth-order valence-corrected chi connectivity index (χ4v) is 4.42. The van der Waals surface area contributed by atoms with Crippen LogP contribution in [0, 0.1) is 11.7 Å².